The maximum Gasteiger partial charge on any atom is 0.338 e. The van der Waals surface area contributed by atoms with E-state index in [2.05, 4.69) is 20.3 Å². The summed E-state index contributed by atoms with van der Waals surface area (Å²) in [6, 6.07) is 10.8. The van der Waals surface area contributed by atoms with E-state index < -0.39 is 23.5 Å². The molecule has 2 aromatic carbocycles. The predicted molar refractivity (Wildman–Crippen MR) is 109 cm³/mol. The maximum absolute atomic E-state index is 14.0. The first-order valence-corrected chi connectivity index (χ1v) is 9.95. The van der Waals surface area contributed by atoms with E-state index in [1.54, 1.807) is 12.1 Å². The Bertz CT molecular complexity index is 1240. The number of hydrogen-bond acceptors (Lipinski definition) is 8. The highest BCUT2D eigenvalue weighted by molar-refractivity contribution is 5.88. The quantitative estimate of drug-likeness (QED) is 0.416. The zero-order chi connectivity index (χ0) is 22.7. The Balaban J connectivity index is 1.49. The van der Waals surface area contributed by atoms with Gasteiger partial charge in [-0.25, -0.2) is 9.18 Å². The van der Waals surface area contributed by atoms with E-state index in [9.17, 15) is 9.18 Å². The van der Waals surface area contributed by atoms with Crippen LogP contribution in [0.25, 0.3) is 22.8 Å². The second-order valence-electron chi connectivity index (χ2n) is 6.86. The topological polar surface area (TPSA) is 124 Å². The molecule has 0 spiro atoms. The lowest BCUT2D eigenvalue weighted by atomic mass is 10.1. The van der Waals surface area contributed by atoms with Gasteiger partial charge in [0.15, 0.2) is 6.10 Å². The van der Waals surface area contributed by atoms with Gasteiger partial charge in [-0.05, 0) is 48.9 Å². The lowest BCUT2D eigenvalue weighted by molar-refractivity contribution is 0.0692. The van der Waals surface area contributed by atoms with Gasteiger partial charge in [0, 0.05) is 17.5 Å². The maximum atomic E-state index is 14.0. The summed E-state index contributed by atoms with van der Waals surface area (Å²) in [5.74, 6) is -0.219. The average molecular weight is 438 g/mol. The van der Waals surface area contributed by atoms with Crippen molar-refractivity contribution in [3.05, 3.63) is 65.6 Å². The van der Waals surface area contributed by atoms with Crippen LogP contribution >= 0.6 is 0 Å². The predicted octanol–water partition coefficient (Wildman–Crippen LogP) is 4.72. The molecular weight excluding hydrogens is 419 g/mol. The van der Waals surface area contributed by atoms with Crippen molar-refractivity contribution in [1.82, 2.24) is 20.3 Å². The van der Waals surface area contributed by atoms with Crippen LogP contribution in [0.2, 0.25) is 0 Å². The summed E-state index contributed by atoms with van der Waals surface area (Å²) in [5.41, 5.74) is 0.663. The number of benzene rings is 2. The highest BCUT2D eigenvalue weighted by Gasteiger charge is 2.21. The normalized spacial score (nSPS) is 12.0. The number of halogens is 1. The van der Waals surface area contributed by atoms with E-state index in [0.717, 1.165) is 17.7 Å². The number of carboxylic acids is 1. The number of hydrogen-bond donors (Lipinski definition) is 1. The summed E-state index contributed by atoms with van der Waals surface area (Å²) in [6.07, 6.45) is 0.678. The highest BCUT2D eigenvalue weighted by Crippen LogP contribution is 2.28. The molecule has 4 rings (SSSR count). The van der Waals surface area contributed by atoms with Crippen LogP contribution < -0.4 is 4.74 Å². The molecule has 0 aliphatic rings. The minimum absolute atomic E-state index is 0.136. The molecule has 10 heteroatoms. The number of nitrogens with zero attached hydrogens (tertiary/aromatic N) is 4. The molecule has 0 aliphatic heterocycles. The molecule has 1 unspecified atom stereocenters. The van der Waals surface area contributed by atoms with Gasteiger partial charge in [0.1, 0.15) is 11.6 Å². The Kier molecular flexibility index (Phi) is 5.93. The lowest BCUT2D eigenvalue weighted by Crippen LogP contribution is -2.07. The smallest absolute Gasteiger partial charge is 0.338 e. The molecule has 4 aromatic rings. The minimum Gasteiger partial charge on any atom is -0.481 e. The first-order chi connectivity index (χ1) is 15.5. The van der Waals surface area contributed by atoms with E-state index >= 15 is 0 Å². The standard InChI is InChI=1S/C22H19FN4O5/c1-3-17(30-14-8-5-12(6-9-14)19-24-18(4-2)31-26-19)21-25-20(27-32-21)13-7-10-15(22(28)29)16(23)11-13/h5-11,17H,3-4H2,1-2H3,(H,28,29). The summed E-state index contributed by atoms with van der Waals surface area (Å²) in [6.45, 7) is 3.83. The molecule has 2 aromatic heterocycles. The van der Waals surface area contributed by atoms with Crippen LogP contribution in [0.4, 0.5) is 4.39 Å². The van der Waals surface area contributed by atoms with Gasteiger partial charge < -0.3 is 18.9 Å². The Morgan fingerprint density at radius 1 is 1.03 bits per heavy atom. The van der Waals surface area contributed by atoms with Gasteiger partial charge in [-0.3, -0.25) is 0 Å². The molecule has 0 aliphatic carbocycles. The third-order valence-corrected chi connectivity index (χ3v) is 4.71. The Hall–Kier alpha value is -4.08. The Morgan fingerprint density at radius 3 is 2.34 bits per heavy atom. The molecule has 9 nitrogen and oxygen atoms in total. The number of rotatable bonds is 8. The fourth-order valence-corrected chi connectivity index (χ4v) is 2.98. The van der Waals surface area contributed by atoms with Gasteiger partial charge in [-0.2, -0.15) is 9.97 Å². The van der Waals surface area contributed by atoms with Crippen molar-refractivity contribution in [3.8, 4) is 28.5 Å². The first-order valence-electron chi connectivity index (χ1n) is 9.95. The Morgan fingerprint density at radius 2 is 1.72 bits per heavy atom. The van der Waals surface area contributed by atoms with Gasteiger partial charge >= 0.3 is 5.97 Å². The molecule has 0 saturated heterocycles. The minimum atomic E-state index is -1.35. The third-order valence-electron chi connectivity index (χ3n) is 4.71. The van der Waals surface area contributed by atoms with E-state index in [0.29, 0.717) is 35.9 Å². The number of aryl methyl sites for hydroxylation is 1. The molecule has 0 amide bonds. The number of carbonyl (C=O) groups is 1. The molecule has 0 fully saturated rings. The molecule has 0 bridgehead atoms. The fraction of sp³-hybridized carbons (Fsp3) is 0.227. The summed E-state index contributed by atoms with van der Waals surface area (Å²) in [5, 5.41) is 16.8. The van der Waals surface area contributed by atoms with Crippen molar-refractivity contribution in [2.24, 2.45) is 0 Å². The van der Waals surface area contributed by atoms with Crippen LogP contribution in [-0.4, -0.2) is 31.4 Å². The number of aromatic carboxylic acids is 1. The van der Waals surface area contributed by atoms with Crippen LogP contribution in [0.5, 0.6) is 5.75 Å². The fourth-order valence-electron chi connectivity index (χ4n) is 2.98. The van der Waals surface area contributed by atoms with Gasteiger partial charge in [-0.15, -0.1) is 0 Å². The van der Waals surface area contributed by atoms with Crippen LogP contribution in [0.1, 0.15) is 48.5 Å². The van der Waals surface area contributed by atoms with Crippen LogP contribution in [-0.2, 0) is 6.42 Å². The first kappa shape index (κ1) is 21.2. The summed E-state index contributed by atoms with van der Waals surface area (Å²) < 4.78 is 30.4. The van der Waals surface area contributed by atoms with Crippen LogP contribution in [0.15, 0.2) is 51.5 Å². The van der Waals surface area contributed by atoms with Crippen molar-refractivity contribution in [2.75, 3.05) is 0 Å². The van der Waals surface area contributed by atoms with Crippen molar-refractivity contribution < 1.29 is 28.1 Å². The van der Waals surface area contributed by atoms with Gasteiger partial charge in [0.05, 0.1) is 5.56 Å². The van der Waals surface area contributed by atoms with Gasteiger partial charge in [-0.1, -0.05) is 24.2 Å². The zero-order valence-corrected chi connectivity index (χ0v) is 17.3. The zero-order valence-electron chi connectivity index (χ0n) is 17.3. The summed E-state index contributed by atoms with van der Waals surface area (Å²) in [7, 11) is 0. The van der Waals surface area contributed by atoms with Crippen LogP contribution in [0, 0.1) is 5.82 Å². The average Bonchev–Trinajstić information content (AvgIpc) is 3.47. The number of carboxylic acid groups (broad SMARTS) is 1. The second kappa shape index (κ2) is 8.96. The van der Waals surface area contributed by atoms with Gasteiger partial charge in [0.2, 0.25) is 17.5 Å². The molecule has 1 atom stereocenters. The van der Waals surface area contributed by atoms with Crippen molar-refractivity contribution in [2.45, 2.75) is 32.8 Å². The van der Waals surface area contributed by atoms with Crippen molar-refractivity contribution in [3.63, 3.8) is 0 Å². The number of ether oxygens (including phenoxy) is 1. The largest absolute Gasteiger partial charge is 0.481 e. The molecule has 0 radical (unpaired) electrons. The molecule has 1 N–H and O–H groups in total. The summed E-state index contributed by atoms with van der Waals surface area (Å²) in [4.78, 5) is 19.6. The second-order valence-corrected chi connectivity index (χ2v) is 6.86. The third kappa shape index (κ3) is 4.34. The molecule has 0 saturated carbocycles. The highest BCUT2D eigenvalue weighted by atomic mass is 19.1. The van der Waals surface area contributed by atoms with Crippen molar-refractivity contribution >= 4 is 5.97 Å². The SMILES string of the molecule is CCc1nc(-c2ccc(OC(CC)c3nc(-c4ccc(C(=O)O)c(F)c4)no3)cc2)no1. The van der Waals surface area contributed by atoms with E-state index in [4.69, 9.17) is 18.9 Å². The molecule has 32 heavy (non-hydrogen) atoms. The molecular formula is C22H19FN4O5. The monoisotopic (exact) mass is 438 g/mol. The lowest BCUT2D eigenvalue weighted by Gasteiger charge is -2.13. The van der Waals surface area contributed by atoms with E-state index in [1.807, 2.05) is 26.0 Å². The van der Waals surface area contributed by atoms with Gasteiger partial charge in [0.25, 0.3) is 5.89 Å². The molecule has 2 heterocycles. The van der Waals surface area contributed by atoms with E-state index in [1.165, 1.54) is 6.07 Å². The Labute approximate surface area is 181 Å². The van der Waals surface area contributed by atoms with Crippen LogP contribution in [0.3, 0.4) is 0 Å². The van der Waals surface area contributed by atoms with Crippen molar-refractivity contribution in [1.29, 1.82) is 0 Å². The summed E-state index contributed by atoms with van der Waals surface area (Å²) >= 11 is 0. The van der Waals surface area contributed by atoms with E-state index in [-0.39, 0.29) is 11.7 Å². The number of aromatic nitrogens is 4. The molecule has 164 valence electrons.